The van der Waals surface area contributed by atoms with Gasteiger partial charge in [-0.25, -0.2) is 4.98 Å². The van der Waals surface area contributed by atoms with Gasteiger partial charge in [-0.05, 0) is 36.3 Å². The van der Waals surface area contributed by atoms with Crippen molar-refractivity contribution in [3.8, 4) is 0 Å². The van der Waals surface area contributed by atoms with Gasteiger partial charge in [0.25, 0.3) is 20.2 Å². The molecule has 0 saturated carbocycles. The van der Waals surface area contributed by atoms with E-state index in [0.717, 1.165) is 19.3 Å². The molecule has 0 radical (unpaired) electrons. The summed E-state index contributed by atoms with van der Waals surface area (Å²) >= 11 is 5.56. The average molecular weight is 561 g/mol. The smallest absolute Gasteiger partial charge is 0.294 e. The van der Waals surface area contributed by atoms with Crippen LogP contribution in [0.5, 0.6) is 0 Å². The Labute approximate surface area is 221 Å². The first-order valence-corrected chi connectivity index (χ1v) is 16.4. The lowest BCUT2D eigenvalue weighted by Gasteiger charge is -2.09. The number of unbranched alkanes of at least 4 members (excludes halogenated alkanes) is 10. The van der Waals surface area contributed by atoms with Crippen molar-refractivity contribution in [2.75, 3.05) is 5.75 Å². The number of aryl methyl sites for hydroxylation is 1. The van der Waals surface area contributed by atoms with E-state index in [1.54, 1.807) is 0 Å². The molecular formula is C25H40N2O6S3. The zero-order valence-electron chi connectivity index (χ0n) is 21.2. The first-order chi connectivity index (χ1) is 17.0. The molecule has 36 heavy (non-hydrogen) atoms. The van der Waals surface area contributed by atoms with Crippen LogP contribution in [0.2, 0.25) is 0 Å². The van der Waals surface area contributed by atoms with Gasteiger partial charge in [-0.15, -0.1) is 0 Å². The number of aromatic nitrogens is 2. The molecule has 0 fully saturated rings. The van der Waals surface area contributed by atoms with Gasteiger partial charge in [0.2, 0.25) is 0 Å². The van der Waals surface area contributed by atoms with Crippen molar-refractivity contribution in [3.63, 3.8) is 0 Å². The molecule has 0 aliphatic heterocycles. The van der Waals surface area contributed by atoms with Crippen LogP contribution in [0.25, 0.3) is 11.0 Å². The molecule has 11 heteroatoms. The molecule has 0 saturated heterocycles. The maximum atomic E-state index is 12.0. The van der Waals surface area contributed by atoms with E-state index in [1.165, 1.54) is 63.5 Å². The summed E-state index contributed by atoms with van der Waals surface area (Å²) in [6.45, 7) is 2.23. The predicted octanol–water partition coefficient (Wildman–Crippen LogP) is 6.24. The van der Waals surface area contributed by atoms with Gasteiger partial charge in [-0.3, -0.25) is 9.11 Å². The highest BCUT2D eigenvalue weighted by molar-refractivity contribution is 7.86. The zero-order valence-corrected chi connectivity index (χ0v) is 23.6. The molecule has 1 aromatic carbocycles. The second-order valence-corrected chi connectivity index (χ2v) is 13.0. The quantitative estimate of drug-likeness (QED) is 0.104. The number of aromatic amines is 1. The Kier molecular flexibility index (Phi) is 12.9. The number of nitrogens with zero attached hydrogens (tertiary/aromatic N) is 1. The number of hydrogen-bond acceptors (Lipinski definition) is 6. The summed E-state index contributed by atoms with van der Waals surface area (Å²) in [6, 6.07) is 2.85. The second-order valence-electron chi connectivity index (χ2n) is 9.49. The fraction of sp³-hybridized carbons (Fsp3) is 0.680. The van der Waals surface area contributed by atoms with Crippen LogP contribution in [-0.4, -0.2) is 46.5 Å². The highest BCUT2D eigenvalue weighted by atomic mass is 32.2. The topological polar surface area (TPSA) is 137 Å². The highest BCUT2D eigenvalue weighted by Gasteiger charge is 2.21. The zero-order chi connectivity index (χ0) is 26.6. The van der Waals surface area contributed by atoms with Gasteiger partial charge in [0.15, 0.2) is 0 Å². The number of fused-ring (bicyclic) bond motifs is 1. The predicted molar refractivity (Wildman–Crippen MR) is 148 cm³/mol. The standard InChI is InChI=1S/C25H40N2O6S3/c1-2-3-4-5-6-7-8-9-10-11-12-14-20(34)19-21-23(36(31,32)33)17-16-22-25(21)27-24(26-22)15-13-18-35(28,29)30/h16-17H,2-15,18-19H2,1H3,(H,26,27)(H,28,29,30)(H,31,32,33). The number of H-pyrrole nitrogens is 1. The number of imidazole rings is 1. The molecule has 0 spiro atoms. The minimum Gasteiger partial charge on any atom is -0.342 e. The second kappa shape index (κ2) is 15.1. The fourth-order valence-corrected chi connectivity index (χ4v) is 5.91. The van der Waals surface area contributed by atoms with E-state index in [-0.39, 0.29) is 24.2 Å². The third kappa shape index (κ3) is 11.3. The normalized spacial score (nSPS) is 12.4. The van der Waals surface area contributed by atoms with E-state index in [4.69, 9.17) is 16.8 Å². The van der Waals surface area contributed by atoms with Crippen LogP contribution in [0.1, 0.15) is 102 Å². The molecule has 0 atom stereocenters. The van der Waals surface area contributed by atoms with E-state index < -0.39 is 26.0 Å². The summed E-state index contributed by atoms with van der Waals surface area (Å²) in [5, 5.41) is 0. The molecule has 1 heterocycles. The van der Waals surface area contributed by atoms with Crippen LogP contribution < -0.4 is 0 Å². The highest BCUT2D eigenvalue weighted by Crippen LogP contribution is 2.26. The van der Waals surface area contributed by atoms with Crippen molar-refractivity contribution >= 4 is 48.4 Å². The number of nitrogens with one attached hydrogen (secondary N) is 1. The minimum atomic E-state index is -4.47. The monoisotopic (exact) mass is 560 g/mol. The summed E-state index contributed by atoms with van der Waals surface area (Å²) in [5.74, 6) is 0.0783. The first-order valence-electron chi connectivity index (χ1n) is 13.0. The molecule has 8 nitrogen and oxygen atoms in total. The van der Waals surface area contributed by atoms with Crippen molar-refractivity contribution in [1.82, 2.24) is 9.97 Å². The van der Waals surface area contributed by atoms with Crippen molar-refractivity contribution in [2.45, 2.75) is 108 Å². The molecule has 204 valence electrons. The summed E-state index contributed by atoms with van der Waals surface area (Å²) in [7, 11) is -8.54. The van der Waals surface area contributed by atoms with E-state index >= 15 is 0 Å². The number of thiocarbonyl (C=S) groups is 1. The molecule has 0 unspecified atom stereocenters. The molecule has 1 aromatic heterocycles. The van der Waals surface area contributed by atoms with Gasteiger partial charge in [-0.1, -0.05) is 83.3 Å². The molecule has 0 bridgehead atoms. The van der Waals surface area contributed by atoms with Gasteiger partial charge in [0.05, 0.1) is 21.7 Å². The van der Waals surface area contributed by atoms with Gasteiger partial charge in [0, 0.05) is 18.4 Å². The molecule has 0 amide bonds. The van der Waals surface area contributed by atoms with Crippen molar-refractivity contribution in [3.05, 3.63) is 23.5 Å². The Balaban J connectivity index is 1.91. The van der Waals surface area contributed by atoms with Gasteiger partial charge in [-0.2, -0.15) is 16.8 Å². The van der Waals surface area contributed by atoms with Crippen LogP contribution in [0.3, 0.4) is 0 Å². The Hall–Kier alpha value is -1.40. The van der Waals surface area contributed by atoms with Crippen molar-refractivity contribution in [1.29, 1.82) is 0 Å². The molecule has 3 N–H and O–H groups in total. The Morgan fingerprint density at radius 1 is 0.889 bits per heavy atom. The maximum absolute atomic E-state index is 12.0. The SMILES string of the molecule is CCCCCCCCCCCCCC(=S)Cc1c(S(=O)(=O)O)ccc2[nH]c(CCCS(=O)(=O)O)nc12. The van der Waals surface area contributed by atoms with E-state index in [2.05, 4.69) is 16.9 Å². The molecule has 2 aromatic rings. The third-order valence-electron chi connectivity index (χ3n) is 6.29. The molecule has 0 aliphatic carbocycles. The van der Waals surface area contributed by atoms with Crippen molar-refractivity contribution < 1.29 is 25.9 Å². The number of benzene rings is 1. The Morgan fingerprint density at radius 2 is 1.47 bits per heavy atom. The summed E-state index contributed by atoms with van der Waals surface area (Å²) in [6.07, 6.45) is 14.9. The van der Waals surface area contributed by atoms with Crippen LogP contribution >= 0.6 is 12.2 Å². The van der Waals surface area contributed by atoms with E-state index in [0.29, 0.717) is 33.7 Å². The lowest BCUT2D eigenvalue weighted by atomic mass is 10.0. The van der Waals surface area contributed by atoms with Gasteiger partial charge < -0.3 is 4.98 Å². The van der Waals surface area contributed by atoms with E-state index in [9.17, 15) is 21.4 Å². The summed E-state index contributed by atoms with van der Waals surface area (Å²) < 4.78 is 64.6. The van der Waals surface area contributed by atoms with Gasteiger partial charge >= 0.3 is 0 Å². The number of hydrogen-bond donors (Lipinski definition) is 3. The lowest BCUT2D eigenvalue weighted by Crippen LogP contribution is -2.08. The largest absolute Gasteiger partial charge is 0.342 e. The van der Waals surface area contributed by atoms with E-state index in [1.807, 2.05) is 0 Å². The molecule has 0 aliphatic rings. The molecule has 2 rings (SSSR count). The lowest BCUT2D eigenvalue weighted by molar-refractivity contribution is 0.479. The fourth-order valence-electron chi connectivity index (χ4n) is 4.39. The third-order valence-corrected chi connectivity index (χ3v) is 8.38. The average Bonchev–Trinajstić information content (AvgIpc) is 3.19. The van der Waals surface area contributed by atoms with Crippen molar-refractivity contribution in [2.24, 2.45) is 0 Å². The number of rotatable bonds is 19. The summed E-state index contributed by atoms with van der Waals surface area (Å²) in [4.78, 5) is 8.00. The minimum absolute atomic E-state index is 0.163. The first kappa shape index (κ1) is 30.8. The Morgan fingerprint density at radius 3 is 2.03 bits per heavy atom. The molecular weight excluding hydrogens is 520 g/mol. The van der Waals surface area contributed by atoms with Crippen LogP contribution in [0, 0.1) is 0 Å². The van der Waals surface area contributed by atoms with Crippen LogP contribution in [0.15, 0.2) is 17.0 Å². The van der Waals surface area contributed by atoms with Crippen LogP contribution in [-0.2, 0) is 33.1 Å². The summed E-state index contributed by atoms with van der Waals surface area (Å²) in [5.41, 5.74) is 1.32. The van der Waals surface area contributed by atoms with Crippen LogP contribution in [0.4, 0.5) is 0 Å². The Bertz CT molecular complexity index is 1190. The maximum Gasteiger partial charge on any atom is 0.294 e. The van der Waals surface area contributed by atoms with Gasteiger partial charge in [0.1, 0.15) is 5.82 Å².